The molecule has 0 aliphatic rings. The van der Waals surface area contributed by atoms with Gasteiger partial charge in [0.2, 0.25) is 0 Å². The maximum absolute atomic E-state index is 10.6. The van der Waals surface area contributed by atoms with Gasteiger partial charge in [0.05, 0.1) is 12.2 Å². The second kappa shape index (κ2) is 5.00. The summed E-state index contributed by atoms with van der Waals surface area (Å²) in [5.74, 6) is 4.32. The Kier molecular flexibility index (Phi) is 3.65. The summed E-state index contributed by atoms with van der Waals surface area (Å²) >= 11 is 0. The number of carboxylic acid groups (broad SMARTS) is 1. The third-order valence-corrected chi connectivity index (χ3v) is 1.46. The van der Waals surface area contributed by atoms with Crippen molar-refractivity contribution in [3.8, 4) is 11.8 Å². The van der Waals surface area contributed by atoms with Crippen molar-refractivity contribution in [2.75, 3.05) is 6.61 Å². The van der Waals surface area contributed by atoms with Crippen LogP contribution in [0.4, 0.5) is 0 Å². The van der Waals surface area contributed by atoms with Gasteiger partial charge in [-0.2, -0.15) is 0 Å². The van der Waals surface area contributed by atoms with E-state index < -0.39 is 5.97 Å². The van der Waals surface area contributed by atoms with Gasteiger partial charge in [-0.05, 0) is 18.1 Å². The maximum atomic E-state index is 10.6. The minimum Gasteiger partial charge on any atom is -0.478 e. The molecule has 0 fully saturated rings. The Bertz CT molecular complexity index is 390. The van der Waals surface area contributed by atoms with Crippen molar-refractivity contribution in [2.24, 2.45) is 0 Å². The summed E-state index contributed by atoms with van der Waals surface area (Å²) < 4.78 is 0. The first kappa shape index (κ1) is 10.2. The molecule has 1 heterocycles. The first-order valence-corrected chi connectivity index (χ1v) is 4.03. The average molecular weight is 191 g/mol. The molecule has 4 nitrogen and oxygen atoms in total. The van der Waals surface area contributed by atoms with Gasteiger partial charge < -0.3 is 10.2 Å². The number of carboxylic acids is 1. The third kappa shape index (κ3) is 2.88. The van der Waals surface area contributed by atoms with Crippen LogP contribution in [0.15, 0.2) is 18.3 Å². The van der Waals surface area contributed by atoms with Crippen molar-refractivity contribution in [1.29, 1.82) is 0 Å². The van der Waals surface area contributed by atoms with Crippen LogP contribution in [0.1, 0.15) is 22.5 Å². The van der Waals surface area contributed by atoms with Gasteiger partial charge in [0.15, 0.2) is 0 Å². The zero-order chi connectivity index (χ0) is 10.4. The number of aromatic nitrogens is 1. The summed E-state index contributed by atoms with van der Waals surface area (Å²) in [6, 6.07) is 2.80. The molecule has 2 N–H and O–H groups in total. The topological polar surface area (TPSA) is 70.4 Å². The van der Waals surface area contributed by atoms with Gasteiger partial charge in [0.25, 0.3) is 0 Å². The average Bonchev–Trinajstić information content (AvgIpc) is 2.19. The predicted molar refractivity (Wildman–Crippen MR) is 49.8 cm³/mol. The molecular weight excluding hydrogens is 182 g/mol. The number of aliphatic hydroxyl groups is 1. The Morgan fingerprint density at radius 3 is 3.00 bits per heavy atom. The van der Waals surface area contributed by atoms with Crippen molar-refractivity contribution in [3.05, 3.63) is 29.6 Å². The van der Waals surface area contributed by atoms with Crippen LogP contribution in [0.3, 0.4) is 0 Å². The third-order valence-electron chi connectivity index (χ3n) is 1.46. The fraction of sp³-hybridized carbons (Fsp3) is 0.200. The Morgan fingerprint density at radius 2 is 2.36 bits per heavy atom. The van der Waals surface area contributed by atoms with Gasteiger partial charge in [0, 0.05) is 12.6 Å². The summed E-state index contributed by atoms with van der Waals surface area (Å²) in [5, 5.41) is 17.1. The van der Waals surface area contributed by atoms with Crippen molar-refractivity contribution in [3.63, 3.8) is 0 Å². The molecule has 0 radical (unpaired) electrons. The van der Waals surface area contributed by atoms with E-state index in [-0.39, 0.29) is 12.2 Å². The summed E-state index contributed by atoms with van der Waals surface area (Å²) in [6.45, 7) is -0.00831. The molecule has 0 aromatic carbocycles. The standard InChI is InChI=1S/C10H9NO3/c12-6-2-1-3-9-7-8(10(13)14)4-5-11-9/h4-5,7,12H,2,6H2,(H,13,14). The number of aliphatic hydroxyl groups excluding tert-OH is 1. The van der Waals surface area contributed by atoms with E-state index in [1.54, 1.807) is 0 Å². The fourth-order valence-corrected chi connectivity index (χ4v) is 0.841. The molecule has 0 atom stereocenters. The minimum absolute atomic E-state index is 0.00831. The molecule has 0 bridgehead atoms. The molecule has 72 valence electrons. The lowest BCUT2D eigenvalue weighted by atomic mass is 10.2. The number of aromatic carboxylic acids is 1. The molecular formula is C10H9NO3. The van der Waals surface area contributed by atoms with Gasteiger partial charge in [-0.1, -0.05) is 5.92 Å². The van der Waals surface area contributed by atoms with Crippen LogP contribution >= 0.6 is 0 Å². The lowest BCUT2D eigenvalue weighted by Gasteiger charge is -1.93. The van der Waals surface area contributed by atoms with Crippen LogP contribution in [-0.2, 0) is 0 Å². The van der Waals surface area contributed by atoms with Crippen molar-refractivity contribution in [1.82, 2.24) is 4.98 Å². The summed E-state index contributed by atoms with van der Waals surface area (Å²) in [4.78, 5) is 14.4. The Balaban J connectivity index is 2.85. The molecule has 0 amide bonds. The quantitative estimate of drug-likeness (QED) is 0.668. The lowest BCUT2D eigenvalue weighted by Crippen LogP contribution is -1.97. The van der Waals surface area contributed by atoms with E-state index in [0.29, 0.717) is 12.1 Å². The zero-order valence-electron chi connectivity index (χ0n) is 7.40. The molecule has 0 aliphatic heterocycles. The van der Waals surface area contributed by atoms with E-state index in [0.717, 1.165) is 0 Å². The highest BCUT2D eigenvalue weighted by Crippen LogP contribution is 2.00. The molecule has 0 saturated heterocycles. The van der Waals surface area contributed by atoms with Crippen LogP contribution in [0.2, 0.25) is 0 Å². The molecule has 4 heteroatoms. The number of pyridine rings is 1. The van der Waals surface area contributed by atoms with Crippen LogP contribution in [0, 0.1) is 11.8 Å². The Hall–Kier alpha value is -1.86. The Morgan fingerprint density at radius 1 is 1.57 bits per heavy atom. The zero-order valence-corrected chi connectivity index (χ0v) is 7.40. The number of hydrogen-bond donors (Lipinski definition) is 2. The van der Waals surface area contributed by atoms with E-state index >= 15 is 0 Å². The lowest BCUT2D eigenvalue weighted by molar-refractivity contribution is 0.0696. The van der Waals surface area contributed by atoms with Crippen molar-refractivity contribution >= 4 is 5.97 Å². The van der Waals surface area contributed by atoms with Gasteiger partial charge in [-0.25, -0.2) is 9.78 Å². The van der Waals surface area contributed by atoms with Gasteiger partial charge >= 0.3 is 5.97 Å². The predicted octanol–water partition coefficient (Wildman–Crippen LogP) is 0.514. The summed E-state index contributed by atoms with van der Waals surface area (Å²) in [5.41, 5.74) is 0.562. The van der Waals surface area contributed by atoms with E-state index in [4.69, 9.17) is 10.2 Å². The van der Waals surface area contributed by atoms with Gasteiger partial charge in [0.1, 0.15) is 5.69 Å². The molecule has 0 aliphatic carbocycles. The molecule has 0 spiro atoms. The second-order valence-corrected chi connectivity index (χ2v) is 2.51. The highest BCUT2D eigenvalue weighted by molar-refractivity contribution is 5.87. The first-order valence-electron chi connectivity index (χ1n) is 4.03. The van der Waals surface area contributed by atoms with E-state index in [1.165, 1.54) is 18.3 Å². The van der Waals surface area contributed by atoms with E-state index in [1.807, 2.05) is 0 Å². The SMILES string of the molecule is O=C(O)c1ccnc(C#CCCO)c1. The number of rotatable bonds is 2. The van der Waals surface area contributed by atoms with Crippen LogP contribution in [-0.4, -0.2) is 27.8 Å². The van der Waals surface area contributed by atoms with Gasteiger partial charge in [-0.15, -0.1) is 0 Å². The second-order valence-electron chi connectivity index (χ2n) is 2.51. The van der Waals surface area contributed by atoms with Crippen molar-refractivity contribution in [2.45, 2.75) is 6.42 Å². The highest BCUT2D eigenvalue weighted by Gasteiger charge is 2.01. The molecule has 0 unspecified atom stereocenters. The molecule has 1 rings (SSSR count). The number of nitrogens with zero attached hydrogens (tertiary/aromatic N) is 1. The number of hydrogen-bond acceptors (Lipinski definition) is 3. The summed E-state index contributed by atoms with van der Waals surface area (Å²) in [7, 11) is 0. The van der Waals surface area contributed by atoms with Crippen molar-refractivity contribution < 1.29 is 15.0 Å². The van der Waals surface area contributed by atoms with Gasteiger partial charge in [-0.3, -0.25) is 0 Å². The van der Waals surface area contributed by atoms with Crippen LogP contribution < -0.4 is 0 Å². The summed E-state index contributed by atoms with van der Waals surface area (Å²) in [6.07, 6.45) is 1.76. The van der Waals surface area contributed by atoms with E-state index in [2.05, 4.69) is 16.8 Å². The van der Waals surface area contributed by atoms with Crippen LogP contribution in [0.25, 0.3) is 0 Å². The molecule has 14 heavy (non-hydrogen) atoms. The Labute approximate surface area is 81.2 Å². The normalized spacial score (nSPS) is 8.93. The maximum Gasteiger partial charge on any atom is 0.335 e. The smallest absolute Gasteiger partial charge is 0.335 e. The fourth-order valence-electron chi connectivity index (χ4n) is 0.841. The largest absolute Gasteiger partial charge is 0.478 e. The van der Waals surface area contributed by atoms with Crippen LogP contribution in [0.5, 0.6) is 0 Å². The molecule has 1 aromatic rings. The minimum atomic E-state index is -1.00. The first-order chi connectivity index (χ1) is 6.74. The number of carbonyl (C=O) groups is 1. The van der Waals surface area contributed by atoms with E-state index in [9.17, 15) is 4.79 Å². The monoisotopic (exact) mass is 191 g/mol. The molecule has 0 saturated carbocycles. The highest BCUT2D eigenvalue weighted by atomic mass is 16.4. The molecule has 1 aromatic heterocycles.